The van der Waals surface area contributed by atoms with Gasteiger partial charge >= 0.3 is 0 Å². The monoisotopic (exact) mass is 178 g/mol. The Labute approximate surface area is 78.8 Å². The summed E-state index contributed by atoms with van der Waals surface area (Å²) in [4.78, 5) is 0. The van der Waals surface area contributed by atoms with Crippen LogP contribution in [-0.2, 0) is 6.42 Å². The first-order valence-electron chi connectivity index (χ1n) is 5.01. The van der Waals surface area contributed by atoms with Gasteiger partial charge in [0, 0.05) is 6.42 Å². The molecule has 0 heterocycles. The highest BCUT2D eigenvalue weighted by molar-refractivity contribution is 5.17. The molecule has 0 N–H and O–H groups in total. The van der Waals surface area contributed by atoms with Gasteiger partial charge in [0.05, 0.1) is 0 Å². The zero-order chi connectivity index (χ0) is 9.15. The van der Waals surface area contributed by atoms with Gasteiger partial charge in [-0.25, -0.2) is 4.39 Å². The molecule has 1 fully saturated rings. The average molecular weight is 178 g/mol. The van der Waals surface area contributed by atoms with Gasteiger partial charge in [0.25, 0.3) is 0 Å². The van der Waals surface area contributed by atoms with E-state index in [1.165, 1.54) is 0 Å². The molecule has 1 saturated carbocycles. The summed E-state index contributed by atoms with van der Waals surface area (Å²) in [5, 5.41) is 0. The van der Waals surface area contributed by atoms with E-state index in [9.17, 15) is 4.39 Å². The Morgan fingerprint density at radius 1 is 1.08 bits per heavy atom. The molecule has 1 aliphatic rings. The Balaban J connectivity index is 2.05. The smallest absolute Gasteiger partial charge is 0.115 e. The van der Waals surface area contributed by atoms with E-state index in [0.29, 0.717) is 6.42 Å². The van der Waals surface area contributed by atoms with Crippen LogP contribution in [0.4, 0.5) is 4.39 Å². The molecule has 2 rings (SSSR count). The van der Waals surface area contributed by atoms with Crippen LogP contribution >= 0.6 is 0 Å². The summed E-state index contributed by atoms with van der Waals surface area (Å²) in [6.45, 7) is 0. The van der Waals surface area contributed by atoms with Gasteiger partial charge < -0.3 is 0 Å². The minimum absolute atomic E-state index is 0.605. The topological polar surface area (TPSA) is 0 Å². The molecule has 0 amide bonds. The summed E-state index contributed by atoms with van der Waals surface area (Å²) in [6.07, 6.45) is 4.23. The zero-order valence-electron chi connectivity index (χ0n) is 7.80. The summed E-state index contributed by atoms with van der Waals surface area (Å²) in [6, 6.07) is 9.96. The van der Waals surface area contributed by atoms with Crippen LogP contribution in [0.3, 0.4) is 0 Å². The molecule has 0 unspecified atom stereocenters. The summed E-state index contributed by atoms with van der Waals surface area (Å²) in [7, 11) is 0. The maximum Gasteiger partial charge on any atom is 0.115 e. The average Bonchev–Trinajstić information content (AvgIpc) is 2.54. The van der Waals surface area contributed by atoms with E-state index in [1.54, 1.807) is 0 Å². The van der Waals surface area contributed by atoms with Crippen molar-refractivity contribution in [3.63, 3.8) is 0 Å². The number of alkyl halides is 1. The van der Waals surface area contributed by atoms with Crippen LogP contribution in [0, 0.1) is 0 Å². The van der Waals surface area contributed by atoms with Crippen LogP contribution in [0.2, 0.25) is 0 Å². The lowest BCUT2D eigenvalue weighted by Gasteiger charge is -2.18. The Bertz CT molecular complexity index is 260. The lowest BCUT2D eigenvalue weighted by atomic mass is 9.95. The molecule has 0 radical (unpaired) electrons. The summed E-state index contributed by atoms with van der Waals surface area (Å²) in [5.41, 5.74) is 0.230. The van der Waals surface area contributed by atoms with Gasteiger partial charge in [-0.3, -0.25) is 0 Å². The molecular formula is C12H15F. The number of rotatable bonds is 2. The minimum atomic E-state index is -0.901. The highest BCUT2D eigenvalue weighted by Crippen LogP contribution is 2.36. The van der Waals surface area contributed by atoms with E-state index in [1.807, 2.05) is 30.3 Å². The lowest BCUT2D eigenvalue weighted by Crippen LogP contribution is -2.20. The van der Waals surface area contributed by atoms with E-state index in [-0.39, 0.29) is 0 Å². The molecule has 0 atom stereocenters. The van der Waals surface area contributed by atoms with Crippen LogP contribution in [-0.4, -0.2) is 5.67 Å². The van der Waals surface area contributed by atoms with Crippen LogP contribution in [0.25, 0.3) is 0 Å². The predicted molar refractivity (Wildman–Crippen MR) is 52.5 cm³/mol. The van der Waals surface area contributed by atoms with Crippen molar-refractivity contribution in [3.05, 3.63) is 35.9 Å². The van der Waals surface area contributed by atoms with Gasteiger partial charge in [-0.05, 0) is 18.4 Å². The van der Waals surface area contributed by atoms with Gasteiger partial charge in [-0.2, -0.15) is 0 Å². The second-order valence-corrected chi connectivity index (χ2v) is 4.02. The molecule has 0 spiro atoms. The Kier molecular flexibility index (Phi) is 2.34. The quantitative estimate of drug-likeness (QED) is 0.650. The fourth-order valence-electron chi connectivity index (χ4n) is 2.15. The first kappa shape index (κ1) is 8.74. The van der Waals surface area contributed by atoms with E-state index in [2.05, 4.69) is 0 Å². The van der Waals surface area contributed by atoms with Crippen molar-refractivity contribution in [2.45, 2.75) is 37.8 Å². The third-order valence-corrected chi connectivity index (χ3v) is 2.86. The second-order valence-electron chi connectivity index (χ2n) is 4.02. The minimum Gasteiger partial charge on any atom is -0.244 e. The fourth-order valence-corrected chi connectivity index (χ4v) is 2.15. The van der Waals surface area contributed by atoms with E-state index >= 15 is 0 Å². The molecule has 1 aliphatic carbocycles. The summed E-state index contributed by atoms with van der Waals surface area (Å²) >= 11 is 0. The molecule has 1 aromatic rings. The SMILES string of the molecule is FC1(Cc2ccccc2)CCCC1. The van der Waals surface area contributed by atoms with E-state index in [0.717, 1.165) is 31.2 Å². The third-order valence-electron chi connectivity index (χ3n) is 2.86. The van der Waals surface area contributed by atoms with Crippen molar-refractivity contribution in [2.75, 3.05) is 0 Å². The molecule has 0 bridgehead atoms. The largest absolute Gasteiger partial charge is 0.244 e. The van der Waals surface area contributed by atoms with Crippen LogP contribution in [0.15, 0.2) is 30.3 Å². The molecule has 0 saturated heterocycles. The van der Waals surface area contributed by atoms with Gasteiger partial charge in [-0.1, -0.05) is 43.2 Å². The van der Waals surface area contributed by atoms with Crippen molar-refractivity contribution < 1.29 is 4.39 Å². The molecular weight excluding hydrogens is 163 g/mol. The van der Waals surface area contributed by atoms with Crippen LogP contribution < -0.4 is 0 Å². The van der Waals surface area contributed by atoms with Gasteiger partial charge in [0.1, 0.15) is 5.67 Å². The molecule has 1 aromatic carbocycles. The molecule has 0 aliphatic heterocycles. The maximum absolute atomic E-state index is 14.0. The molecule has 13 heavy (non-hydrogen) atoms. The number of hydrogen-bond donors (Lipinski definition) is 0. The normalized spacial score (nSPS) is 20.4. The van der Waals surface area contributed by atoms with E-state index in [4.69, 9.17) is 0 Å². The van der Waals surface area contributed by atoms with Gasteiger partial charge in [0.2, 0.25) is 0 Å². The maximum atomic E-state index is 14.0. The Hall–Kier alpha value is -0.850. The summed E-state index contributed by atoms with van der Waals surface area (Å²) < 4.78 is 14.0. The number of halogens is 1. The van der Waals surface area contributed by atoms with Gasteiger partial charge in [0.15, 0.2) is 0 Å². The molecule has 0 nitrogen and oxygen atoms in total. The zero-order valence-corrected chi connectivity index (χ0v) is 7.80. The first-order valence-corrected chi connectivity index (χ1v) is 5.01. The predicted octanol–water partition coefficient (Wildman–Crippen LogP) is 3.51. The molecule has 70 valence electrons. The number of hydrogen-bond acceptors (Lipinski definition) is 0. The Morgan fingerprint density at radius 2 is 1.69 bits per heavy atom. The van der Waals surface area contributed by atoms with Crippen molar-refractivity contribution in [1.29, 1.82) is 0 Å². The van der Waals surface area contributed by atoms with Crippen LogP contribution in [0.5, 0.6) is 0 Å². The third kappa shape index (κ3) is 2.09. The van der Waals surface area contributed by atoms with Crippen molar-refractivity contribution >= 4 is 0 Å². The lowest BCUT2D eigenvalue weighted by molar-refractivity contribution is 0.173. The highest BCUT2D eigenvalue weighted by Gasteiger charge is 2.33. The first-order chi connectivity index (χ1) is 6.29. The molecule has 1 heteroatoms. The molecule has 0 aromatic heterocycles. The van der Waals surface area contributed by atoms with Crippen molar-refractivity contribution in [3.8, 4) is 0 Å². The van der Waals surface area contributed by atoms with Crippen molar-refractivity contribution in [2.24, 2.45) is 0 Å². The fraction of sp³-hybridized carbons (Fsp3) is 0.500. The summed E-state index contributed by atoms with van der Waals surface area (Å²) in [5.74, 6) is 0. The Morgan fingerprint density at radius 3 is 2.31 bits per heavy atom. The van der Waals surface area contributed by atoms with E-state index < -0.39 is 5.67 Å². The van der Waals surface area contributed by atoms with Crippen molar-refractivity contribution in [1.82, 2.24) is 0 Å². The standard InChI is InChI=1S/C12H15F/c13-12(8-4-5-9-12)10-11-6-2-1-3-7-11/h1-3,6-7H,4-5,8-10H2. The van der Waals surface area contributed by atoms with Gasteiger partial charge in [-0.15, -0.1) is 0 Å². The van der Waals surface area contributed by atoms with Crippen LogP contribution in [0.1, 0.15) is 31.2 Å². The number of benzene rings is 1. The highest BCUT2D eigenvalue weighted by atomic mass is 19.1. The second kappa shape index (κ2) is 3.49.